The zero-order valence-electron chi connectivity index (χ0n) is 13.5. The van der Waals surface area contributed by atoms with E-state index in [9.17, 15) is 4.79 Å². The fourth-order valence-corrected chi connectivity index (χ4v) is 2.44. The van der Waals surface area contributed by atoms with Crippen molar-refractivity contribution in [2.45, 2.75) is 0 Å². The molecule has 0 atom stereocenters. The number of carbonyl (C=O) groups is 1. The molecule has 0 saturated heterocycles. The number of para-hydroxylation sites is 1. The molecule has 9 heteroatoms. The molecular weight excluding hydrogens is 377 g/mol. The SMILES string of the molecule is COC(=O)c1ccccc1Nc1nncc(Nc2ccc(Cl)c(Cl)c2)n1. The van der Waals surface area contributed by atoms with E-state index in [-0.39, 0.29) is 5.95 Å². The van der Waals surface area contributed by atoms with Crippen LogP contribution in [-0.4, -0.2) is 28.3 Å². The van der Waals surface area contributed by atoms with Gasteiger partial charge in [-0.1, -0.05) is 35.3 Å². The van der Waals surface area contributed by atoms with E-state index in [1.54, 1.807) is 42.5 Å². The van der Waals surface area contributed by atoms with Crippen LogP contribution in [0.5, 0.6) is 0 Å². The molecule has 0 radical (unpaired) electrons. The van der Waals surface area contributed by atoms with Gasteiger partial charge in [0, 0.05) is 5.69 Å². The van der Waals surface area contributed by atoms with Crippen molar-refractivity contribution in [1.82, 2.24) is 15.2 Å². The van der Waals surface area contributed by atoms with E-state index in [4.69, 9.17) is 27.9 Å². The van der Waals surface area contributed by atoms with Gasteiger partial charge >= 0.3 is 5.97 Å². The van der Waals surface area contributed by atoms with Gasteiger partial charge in [0.25, 0.3) is 0 Å². The van der Waals surface area contributed by atoms with Crippen LogP contribution in [0.25, 0.3) is 0 Å². The first-order valence-corrected chi connectivity index (χ1v) is 8.18. The number of hydrogen-bond acceptors (Lipinski definition) is 7. The molecule has 1 heterocycles. The van der Waals surface area contributed by atoms with E-state index in [0.717, 1.165) is 0 Å². The number of aromatic nitrogens is 3. The largest absolute Gasteiger partial charge is 0.465 e. The normalized spacial score (nSPS) is 10.3. The van der Waals surface area contributed by atoms with Crippen molar-refractivity contribution in [2.24, 2.45) is 0 Å². The molecule has 0 amide bonds. The first-order chi connectivity index (χ1) is 12.6. The second kappa shape index (κ2) is 7.99. The lowest BCUT2D eigenvalue weighted by Gasteiger charge is -2.10. The summed E-state index contributed by atoms with van der Waals surface area (Å²) in [4.78, 5) is 16.2. The highest BCUT2D eigenvalue weighted by molar-refractivity contribution is 6.42. The smallest absolute Gasteiger partial charge is 0.339 e. The van der Waals surface area contributed by atoms with Crippen LogP contribution in [0.4, 0.5) is 23.1 Å². The number of methoxy groups -OCH3 is 1. The van der Waals surface area contributed by atoms with Gasteiger partial charge in [-0.2, -0.15) is 10.1 Å². The predicted octanol–water partition coefficient (Wildman–Crippen LogP) is 4.45. The Morgan fingerprint density at radius 3 is 2.65 bits per heavy atom. The van der Waals surface area contributed by atoms with Gasteiger partial charge in [-0.05, 0) is 30.3 Å². The average Bonchev–Trinajstić information content (AvgIpc) is 2.65. The second-order valence-corrected chi connectivity index (χ2v) is 5.90. The number of hydrogen-bond donors (Lipinski definition) is 2. The molecule has 0 aliphatic heterocycles. The predicted molar refractivity (Wildman–Crippen MR) is 101 cm³/mol. The van der Waals surface area contributed by atoms with E-state index in [0.29, 0.717) is 32.8 Å². The third-order valence-corrected chi connectivity index (χ3v) is 4.07. The fraction of sp³-hybridized carbons (Fsp3) is 0.0588. The number of esters is 1. The molecule has 0 aliphatic carbocycles. The van der Waals surface area contributed by atoms with Crippen molar-refractivity contribution in [1.29, 1.82) is 0 Å². The van der Waals surface area contributed by atoms with Crippen LogP contribution in [0.2, 0.25) is 10.0 Å². The minimum atomic E-state index is -0.467. The Labute approximate surface area is 159 Å². The Morgan fingerprint density at radius 1 is 1.08 bits per heavy atom. The third-order valence-electron chi connectivity index (χ3n) is 3.33. The number of nitrogens with one attached hydrogen (secondary N) is 2. The highest BCUT2D eigenvalue weighted by Gasteiger charge is 2.12. The van der Waals surface area contributed by atoms with Crippen LogP contribution >= 0.6 is 23.2 Å². The first kappa shape index (κ1) is 17.9. The summed E-state index contributed by atoms with van der Waals surface area (Å²) in [6.07, 6.45) is 1.46. The van der Waals surface area contributed by atoms with Crippen molar-refractivity contribution in [2.75, 3.05) is 17.7 Å². The first-order valence-electron chi connectivity index (χ1n) is 7.43. The number of anilines is 4. The highest BCUT2D eigenvalue weighted by Crippen LogP contribution is 2.26. The molecule has 1 aromatic heterocycles. The Bertz CT molecular complexity index is 952. The molecule has 3 rings (SSSR count). The van der Waals surface area contributed by atoms with Crippen LogP contribution < -0.4 is 10.6 Å². The maximum Gasteiger partial charge on any atom is 0.339 e. The molecule has 132 valence electrons. The molecule has 0 unspecified atom stereocenters. The molecule has 0 aliphatic rings. The Kier molecular flexibility index (Phi) is 5.50. The molecule has 7 nitrogen and oxygen atoms in total. The zero-order valence-corrected chi connectivity index (χ0v) is 15.0. The Hall–Kier alpha value is -2.90. The summed E-state index contributed by atoms with van der Waals surface area (Å²) in [7, 11) is 1.32. The monoisotopic (exact) mass is 389 g/mol. The third kappa shape index (κ3) is 4.19. The van der Waals surface area contributed by atoms with Crippen LogP contribution in [0.3, 0.4) is 0 Å². The average molecular weight is 390 g/mol. The van der Waals surface area contributed by atoms with E-state index in [1.165, 1.54) is 13.3 Å². The number of halogens is 2. The van der Waals surface area contributed by atoms with Crippen LogP contribution in [0.15, 0.2) is 48.7 Å². The molecule has 26 heavy (non-hydrogen) atoms. The summed E-state index contributed by atoms with van der Waals surface area (Å²) in [5.74, 6) is 0.189. The van der Waals surface area contributed by atoms with E-state index < -0.39 is 5.97 Å². The van der Waals surface area contributed by atoms with Crippen molar-refractivity contribution in [3.05, 3.63) is 64.3 Å². The van der Waals surface area contributed by atoms with Crippen LogP contribution in [0.1, 0.15) is 10.4 Å². The van der Waals surface area contributed by atoms with Crippen LogP contribution in [0, 0.1) is 0 Å². The lowest BCUT2D eigenvalue weighted by atomic mass is 10.2. The van der Waals surface area contributed by atoms with Crippen molar-refractivity contribution in [3.8, 4) is 0 Å². The number of benzene rings is 2. The standard InChI is InChI=1S/C17H13Cl2N5O2/c1-26-16(25)11-4-2-3-5-14(11)22-17-23-15(9-20-24-17)21-10-6-7-12(18)13(19)8-10/h2-9H,1H3,(H2,21,22,23,24). The number of rotatable bonds is 5. The molecule has 3 aromatic rings. The van der Waals surface area contributed by atoms with Crippen LogP contribution in [-0.2, 0) is 4.74 Å². The minimum absolute atomic E-state index is 0.214. The van der Waals surface area contributed by atoms with Gasteiger partial charge in [0.05, 0.1) is 34.6 Å². The van der Waals surface area contributed by atoms with Crippen molar-refractivity contribution < 1.29 is 9.53 Å². The van der Waals surface area contributed by atoms with Crippen molar-refractivity contribution >= 4 is 52.3 Å². The Morgan fingerprint density at radius 2 is 1.88 bits per heavy atom. The molecule has 0 saturated carbocycles. The summed E-state index contributed by atoms with van der Waals surface area (Å²) in [6, 6.07) is 12.0. The second-order valence-electron chi connectivity index (χ2n) is 5.08. The molecule has 0 fully saturated rings. The minimum Gasteiger partial charge on any atom is -0.465 e. The molecule has 2 N–H and O–H groups in total. The summed E-state index contributed by atoms with van der Waals surface area (Å²) in [5.41, 5.74) is 1.56. The van der Waals surface area contributed by atoms with Gasteiger partial charge in [0.1, 0.15) is 0 Å². The lowest BCUT2D eigenvalue weighted by molar-refractivity contribution is 0.0602. The Balaban J connectivity index is 1.82. The fourth-order valence-electron chi connectivity index (χ4n) is 2.14. The molecule has 0 spiro atoms. The topological polar surface area (TPSA) is 89.0 Å². The summed E-state index contributed by atoms with van der Waals surface area (Å²) >= 11 is 11.9. The van der Waals surface area contributed by atoms with Gasteiger partial charge in [0.2, 0.25) is 5.95 Å². The summed E-state index contributed by atoms with van der Waals surface area (Å²) in [5, 5.41) is 14.7. The molecule has 0 bridgehead atoms. The lowest BCUT2D eigenvalue weighted by Crippen LogP contribution is -2.08. The summed E-state index contributed by atoms with van der Waals surface area (Å²) < 4.78 is 4.77. The van der Waals surface area contributed by atoms with Gasteiger partial charge in [-0.15, -0.1) is 5.10 Å². The zero-order chi connectivity index (χ0) is 18.5. The quantitative estimate of drug-likeness (QED) is 0.622. The van der Waals surface area contributed by atoms with Crippen molar-refractivity contribution in [3.63, 3.8) is 0 Å². The molecule has 2 aromatic carbocycles. The highest BCUT2D eigenvalue weighted by atomic mass is 35.5. The van der Waals surface area contributed by atoms with Gasteiger partial charge < -0.3 is 15.4 Å². The number of carbonyl (C=O) groups excluding carboxylic acids is 1. The maximum atomic E-state index is 11.8. The molecular formula is C17H13Cl2N5O2. The van der Waals surface area contributed by atoms with Gasteiger partial charge in [-0.25, -0.2) is 4.79 Å². The van der Waals surface area contributed by atoms with E-state index in [2.05, 4.69) is 25.8 Å². The van der Waals surface area contributed by atoms with E-state index in [1.807, 2.05) is 0 Å². The number of ether oxygens (including phenoxy) is 1. The van der Waals surface area contributed by atoms with Gasteiger partial charge in [0.15, 0.2) is 5.82 Å². The summed E-state index contributed by atoms with van der Waals surface area (Å²) in [6.45, 7) is 0. The van der Waals surface area contributed by atoms with E-state index >= 15 is 0 Å². The number of nitrogens with zero attached hydrogens (tertiary/aromatic N) is 3. The maximum absolute atomic E-state index is 11.8. The van der Waals surface area contributed by atoms with Gasteiger partial charge in [-0.3, -0.25) is 0 Å².